The Bertz CT molecular complexity index is 1370. The van der Waals surface area contributed by atoms with Crippen molar-refractivity contribution in [2.75, 3.05) is 37.5 Å². The van der Waals surface area contributed by atoms with Crippen LogP contribution in [0.25, 0.3) is 0 Å². The van der Waals surface area contributed by atoms with Crippen LogP contribution < -0.4 is 19.1 Å². The van der Waals surface area contributed by atoms with E-state index in [4.69, 9.17) is 14.2 Å². The van der Waals surface area contributed by atoms with Crippen LogP contribution in [-0.4, -0.2) is 48.2 Å². The zero-order valence-corrected chi connectivity index (χ0v) is 21.5. The van der Waals surface area contributed by atoms with Gasteiger partial charge in [-0.1, -0.05) is 18.2 Å². The maximum atomic E-state index is 13.8. The van der Waals surface area contributed by atoms with E-state index < -0.39 is 28.4 Å². The van der Waals surface area contributed by atoms with Gasteiger partial charge >= 0.3 is 5.97 Å². The second-order valence-corrected chi connectivity index (χ2v) is 9.82. The van der Waals surface area contributed by atoms with E-state index in [1.807, 2.05) is 19.9 Å². The van der Waals surface area contributed by atoms with Crippen molar-refractivity contribution in [1.29, 1.82) is 0 Å². The number of anilines is 2. The summed E-state index contributed by atoms with van der Waals surface area (Å²) < 4.78 is 43.9. The summed E-state index contributed by atoms with van der Waals surface area (Å²) in [7, 11) is -0.130. The molecule has 0 bridgehead atoms. The number of hydrogen-bond donors (Lipinski definition) is 1. The minimum absolute atomic E-state index is 0.0814. The zero-order chi connectivity index (χ0) is 26.5. The number of carbonyl (C=O) groups is 2. The molecule has 0 saturated carbocycles. The molecule has 0 saturated heterocycles. The van der Waals surface area contributed by atoms with Crippen molar-refractivity contribution in [2.45, 2.75) is 18.7 Å². The van der Waals surface area contributed by atoms with E-state index in [1.165, 1.54) is 51.7 Å². The number of methoxy groups -OCH3 is 3. The quantitative estimate of drug-likeness (QED) is 0.432. The number of carbonyl (C=O) groups excluding carboxylic acids is 2. The van der Waals surface area contributed by atoms with Crippen molar-refractivity contribution in [1.82, 2.24) is 0 Å². The molecule has 9 nitrogen and oxygen atoms in total. The molecule has 10 heteroatoms. The molecule has 1 amide bonds. The van der Waals surface area contributed by atoms with Gasteiger partial charge in [0.15, 0.2) is 11.5 Å². The molecule has 0 heterocycles. The number of aryl methyl sites for hydroxylation is 2. The Labute approximate surface area is 210 Å². The second-order valence-electron chi connectivity index (χ2n) is 7.96. The van der Waals surface area contributed by atoms with Crippen LogP contribution in [-0.2, 0) is 19.6 Å². The third-order valence-corrected chi connectivity index (χ3v) is 7.10. The summed E-state index contributed by atoms with van der Waals surface area (Å²) in [5.74, 6) is -0.674. The number of para-hydroxylation sites is 1. The van der Waals surface area contributed by atoms with Crippen LogP contribution in [0.2, 0.25) is 0 Å². The van der Waals surface area contributed by atoms with Gasteiger partial charge in [-0.2, -0.15) is 0 Å². The Morgan fingerprint density at radius 2 is 1.50 bits per heavy atom. The number of amides is 1. The van der Waals surface area contributed by atoms with Crippen LogP contribution in [0.3, 0.4) is 0 Å². The Balaban J connectivity index is 2.04. The lowest BCUT2D eigenvalue weighted by atomic mass is 10.1. The first-order valence-corrected chi connectivity index (χ1v) is 12.3. The molecular weight excluding hydrogens is 484 g/mol. The Kier molecular flexibility index (Phi) is 8.21. The lowest BCUT2D eigenvalue weighted by molar-refractivity contribution is -0.114. The molecule has 190 valence electrons. The zero-order valence-electron chi connectivity index (χ0n) is 20.7. The summed E-state index contributed by atoms with van der Waals surface area (Å²) >= 11 is 0. The van der Waals surface area contributed by atoms with Crippen molar-refractivity contribution < 1.29 is 32.2 Å². The first-order valence-electron chi connectivity index (χ1n) is 10.9. The molecule has 3 aromatic carbocycles. The Hall–Kier alpha value is -4.05. The predicted octanol–water partition coefficient (Wildman–Crippen LogP) is 3.94. The molecule has 0 spiro atoms. The molecule has 0 aliphatic heterocycles. The fourth-order valence-electron chi connectivity index (χ4n) is 3.71. The summed E-state index contributed by atoms with van der Waals surface area (Å²) in [5, 5.41) is 2.63. The van der Waals surface area contributed by atoms with Crippen LogP contribution in [0.1, 0.15) is 21.5 Å². The van der Waals surface area contributed by atoms with Gasteiger partial charge in [0, 0.05) is 6.07 Å². The first kappa shape index (κ1) is 26.6. The second kappa shape index (κ2) is 11.1. The van der Waals surface area contributed by atoms with Crippen LogP contribution in [0, 0.1) is 13.8 Å². The van der Waals surface area contributed by atoms with E-state index >= 15 is 0 Å². The van der Waals surface area contributed by atoms with Crippen LogP contribution in [0.5, 0.6) is 11.5 Å². The highest BCUT2D eigenvalue weighted by Gasteiger charge is 2.29. The molecular formula is C26H28N2O7S. The lowest BCUT2D eigenvalue weighted by Crippen LogP contribution is -2.38. The topological polar surface area (TPSA) is 111 Å². The van der Waals surface area contributed by atoms with E-state index in [0.29, 0.717) is 11.4 Å². The number of benzene rings is 3. The average Bonchev–Trinajstić information content (AvgIpc) is 2.85. The van der Waals surface area contributed by atoms with Crippen molar-refractivity contribution in [3.8, 4) is 11.5 Å². The van der Waals surface area contributed by atoms with Gasteiger partial charge in [0.2, 0.25) is 5.91 Å². The van der Waals surface area contributed by atoms with E-state index in [2.05, 4.69) is 5.32 Å². The molecule has 0 atom stereocenters. The number of sulfonamides is 1. The molecule has 3 aromatic rings. The molecule has 0 aromatic heterocycles. The van der Waals surface area contributed by atoms with Gasteiger partial charge in [-0.3, -0.25) is 9.10 Å². The van der Waals surface area contributed by atoms with Crippen LogP contribution in [0.4, 0.5) is 11.4 Å². The highest BCUT2D eigenvalue weighted by atomic mass is 32.2. The van der Waals surface area contributed by atoms with Gasteiger partial charge in [0.25, 0.3) is 10.0 Å². The first-order chi connectivity index (χ1) is 17.1. The molecule has 1 N–H and O–H groups in total. The summed E-state index contributed by atoms with van der Waals surface area (Å²) in [5.41, 5.74) is 2.33. The molecule has 36 heavy (non-hydrogen) atoms. The largest absolute Gasteiger partial charge is 0.493 e. The molecule has 0 unspecified atom stereocenters. The minimum Gasteiger partial charge on any atom is -0.493 e. The van der Waals surface area contributed by atoms with Gasteiger partial charge < -0.3 is 19.5 Å². The fourth-order valence-corrected chi connectivity index (χ4v) is 5.13. The number of nitrogens with one attached hydrogen (secondary N) is 1. The lowest BCUT2D eigenvalue weighted by Gasteiger charge is -2.25. The Morgan fingerprint density at radius 1 is 0.861 bits per heavy atom. The van der Waals surface area contributed by atoms with Crippen molar-refractivity contribution >= 4 is 33.3 Å². The highest BCUT2D eigenvalue weighted by molar-refractivity contribution is 7.92. The maximum Gasteiger partial charge on any atom is 0.339 e. The molecule has 0 aliphatic rings. The molecule has 0 aliphatic carbocycles. The number of rotatable bonds is 9. The molecule has 0 fully saturated rings. The van der Waals surface area contributed by atoms with Gasteiger partial charge in [-0.05, 0) is 61.4 Å². The number of ether oxygens (including phenoxy) is 3. The number of hydrogen-bond acceptors (Lipinski definition) is 7. The number of esters is 1. The monoisotopic (exact) mass is 512 g/mol. The summed E-state index contributed by atoms with van der Waals surface area (Å²) in [6, 6.07) is 15.8. The van der Waals surface area contributed by atoms with Crippen LogP contribution in [0.15, 0.2) is 65.6 Å². The third-order valence-electron chi connectivity index (χ3n) is 5.33. The van der Waals surface area contributed by atoms with E-state index in [9.17, 15) is 18.0 Å². The Morgan fingerprint density at radius 3 is 2.11 bits per heavy atom. The van der Waals surface area contributed by atoms with Gasteiger partial charge in [0.05, 0.1) is 43.2 Å². The molecule has 3 rings (SSSR count). The van der Waals surface area contributed by atoms with E-state index in [-0.39, 0.29) is 21.9 Å². The smallest absolute Gasteiger partial charge is 0.339 e. The summed E-state index contributed by atoms with van der Waals surface area (Å²) in [6.07, 6.45) is 0. The van der Waals surface area contributed by atoms with Gasteiger partial charge in [-0.15, -0.1) is 0 Å². The van der Waals surface area contributed by atoms with Crippen molar-refractivity contribution in [3.63, 3.8) is 0 Å². The standard InChI is InChI=1S/C26H28N2O7S/c1-17-12-18(2)14-19(13-17)28(36(31,32)20-10-11-23(33-3)24(15-20)34-4)16-25(29)27-22-9-7-6-8-21(22)26(30)35-5/h6-15H,16H2,1-5H3,(H,27,29). The maximum absolute atomic E-state index is 13.8. The van der Waals surface area contributed by atoms with Crippen molar-refractivity contribution in [3.05, 3.63) is 77.4 Å². The summed E-state index contributed by atoms with van der Waals surface area (Å²) in [4.78, 5) is 25.1. The molecule has 0 radical (unpaired) electrons. The normalized spacial score (nSPS) is 10.9. The summed E-state index contributed by atoms with van der Waals surface area (Å²) in [6.45, 7) is 3.13. The van der Waals surface area contributed by atoms with Crippen molar-refractivity contribution in [2.24, 2.45) is 0 Å². The van der Waals surface area contributed by atoms with E-state index in [0.717, 1.165) is 15.4 Å². The highest BCUT2D eigenvalue weighted by Crippen LogP contribution is 2.33. The SMILES string of the molecule is COC(=O)c1ccccc1NC(=O)CN(c1cc(C)cc(C)c1)S(=O)(=O)c1ccc(OC)c(OC)c1. The third kappa shape index (κ3) is 5.77. The van der Waals surface area contributed by atoms with Gasteiger partial charge in [0.1, 0.15) is 6.54 Å². The fraction of sp³-hybridized carbons (Fsp3) is 0.231. The van der Waals surface area contributed by atoms with E-state index in [1.54, 1.807) is 24.3 Å². The van der Waals surface area contributed by atoms with Crippen LogP contribution >= 0.6 is 0 Å². The predicted molar refractivity (Wildman–Crippen MR) is 136 cm³/mol. The van der Waals surface area contributed by atoms with Gasteiger partial charge in [-0.25, -0.2) is 13.2 Å². The minimum atomic E-state index is -4.22. The average molecular weight is 513 g/mol. The number of nitrogens with zero attached hydrogens (tertiary/aromatic N) is 1.